The molecule has 3 nitrogen and oxygen atoms in total. The van der Waals surface area contributed by atoms with Gasteiger partial charge in [-0.05, 0) is 18.3 Å². The summed E-state index contributed by atoms with van der Waals surface area (Å²) in [6.07, 6.45) is 2.25. The predicted octanol–water partition coefficient (Wildman–Crippen LogP) is 1.41. The lowest BCUT2D eigenvalue weighted by atomic mass is 9.88. The van der Waals surface area contributed by atoms with Crippen molar-refractivity contribution in [1.82, 2.24) is 0 Å². The molecule has 0 amide bonds. The molecule has 1 aliphatic rings. The van der Waals surface area contributed by atoms with Gasteiger partial charge in [-0.3, -0.25) is 4.79 Å². The molecule has 1 rings (SSSR count). The van der Waals surface area contributed by atoms with E-state index < -0.39 is 0 Å². The molecule has 0 aromatic rings. The highest BCUT2D eigenvalue weighted by Crippen LogP contribution is 2.41. The summed E-state index contributed by atoms with van der Waals surface area (Å²) in [6, 6.07) is 0.192. The number of esters is 1. The van der Waals surface area contributed by atoms with Crippen LogP contribution in [-0.4, -0.2) is 30.1 Å². The average molecular weight is 217 g/mol. The summed E-state index contributed by atoms with van der Waals surface area (Å²) in [5, 5.41) is 0.407. The Morgan fingerprint density at radius 2 is 2.29 bits per heavy atom. The molecule has 82 valence electrons. The quantitative estimate of drug-likeness (QED) is 0.726. The van der Waals surface area contributed by atoms with Crippen LogP contribution in [0.25, 0.3) is 0 Å². The van der Waals surface area contributed by atoms with E-state index in [2.05, 4.69) is 18.6 Å². The third-order valence-electron chi connectivity index (χ3n) is 3.02. The Balaban J connectivity index is 2.37. The van der Waals surface area contributed by atoms with Gasteiger partial charge in [0, 0.05) is 11.3 Å². The van der Waals surface area contributed by atoms with E-state index in [-0.39, 0.29) is 17.4 Å². The summed E-state index contributed by atoms with van der Waals surface area (Å²) < 4.78 is 4.60. The van der Waals surface area contributed by atoms with Crippen LogP contribution in [0.15, 0.2) is 0 Å². The maximum Gasteiger partial charge on any atom is 0.315 e. The van der Waals surface area contributed by atoms with Gasteiger partial charge in [0.15, 0.2) is 0 Å². The molecular formula is C10H19NO2S. The van der Waals surface area contributed by atoms with Crippen molar-refractivity contribution in [1.29, 1.82) is 0 Å². The number of hydrogen-bond donors (Lipinski definition) is 1. The second-order valence-corrected chi connectivity index (χ2v) is 5.71. The fourth-order valence-corrected chi connectivity index (χ4v) is 3.11. The van der Waals surface area contributed by atoms with E-state index in [0.717, 1.165) is 12.8 Å². The van der Waals surface area contributed by atoms with Crippen molar-refractivity contribution in [2.75, 3.05) is 12.9 Å². The number of methoxy groups -OCH3 is 1. The molecule has 2 unspecified atom stereocenters. The highest BCUT2D eigenvalue weighted by atomic mass is 32.2. The highest BCUT2D eigenvalue weighted by Gasteiger charge is 2.39. The van der Waals surface area contributed by atoms with Crippen LogP contribution in [0.1, 0.15) is 26.7 Å². The first-order chi connectivity index (χ1) is 6.47. The minimum Gasteiger partial charge on any atom is -0.468 e. The number of nitrogens with two attached hydrogens (primary N) is 1. The third kappa shape index (κ3) is 2.64. The van der Waals surface area contributed by atoms with Crippen LogP contribution in [0.4, 0.5) is 0 Å². The van der Waals surface area contributed by atoms with Crippen LogP contribution >= 0.6 is 11.8 Å². The SMILES string of the molecule is COC(=O)CSC1CCC(C)(C)C1N. The molecule has 0 aromatic heterocycles. The van der Waals surface area contributed by atoms with Gasteiger partial charge in [-0.1, -0.05) is 13.8 Å². The number of rotatable bonds is 3. The van der Waals surface area contributed by atoms with Crippen molar-refractivity contribution >= 4 is 17.7 Å². The van der Waals surface area contributed by atoms with E-state index in [1.54, 1.807) is 11.8 Å². The molecule has 0 bridgehead atoms. The van der Waals surface area contributed by atoms with Crippen LogP contribution in [0.5, 0.6) is 0 Å². The molecule has 1 fully saturated rings. The van der Waals surface area contributed by atoms with E-state index in [1.807, 2.05) is 0 Å². The highest BCUT2D eigenvalue weighted by molar-refractivity contribution is 8.00. The molecule has 0 aromatic carbocycles. The Hall–Kier alpha value is -0.220. The maximum atomic E-state index is 11.0. The summed E-state index contributed by atoms with van der Waals surface area (Å²) in [5.74, 6) is 0.261. The third-order valence-corrected chi connectivity index (χ3v) is 4.38. The maximum absolute atomic E-state index is 11.0. The van der Waals surface area contributed by atoms with Crippen molar-refractivity contribution < 1.29 is 9.53 Å². The molecule has 0 spiro atoms. The van der Waals surface area contributed by atoms with Crippen molar-refractivity contribution in [3.8, 4) is 0 Å². The molecule has 2 N–H and O–H groups in total. The van der Waals surface area contributed by atoms with Gasteiger partial charge in [-0.25, -0.2) is 0 Å². The Kier molecular flexibility index (Phi) is 3.84. The minimum atomic E-state index is -0.160. The zero-order valence-corrected chi connectivity index (χ0v) is 9.89. The molecule has 0 radical (unpaired) electrons. The molecule has 1 saturated carbocycles. The molecular weight excluding hydrogens is 198 g/mol. The summed E-state index contributed by atoms with van der Waals surface area (Å²) in [6.45, 7) is 4.38. The first kappa shape index (κ1) is 11.9. The lowest BCUT2D eigenvalue weighted by Gasteiger charge is -2.26. The molecule has 0 aliphatic heterocycles. The molecule has 4 heteroatoms. The zero-order valence-electron chi connectivity index (χ0n) is 9.08. The van der Waals surface area contributed by atoms with Gasteiger partial charge in [0.05, 0.1) is 12.9 Å². The predicted molar refractivity (Wildman–Crippen MR) is 59.3 cm³/mol. The zero-order chi connectivity index (χ0) is 10.8. The lowest BCUT2D eigenvalue weighted by molar-refractivity contribution is -0.137. The van der Waals surface area contributed by atoms with E-state index in [4.69, 9.17) is 5.73 Å². The summed E-state index contributed by atoms with van der Waals surface area (Å²) in [5.41, 5.74) is 6.33. The van der Waals surface area contributed by atoms with E-state index in [9.17, 15) is 4.79 Å². The van der Waals surface area contributed by atoms with Crippen LogP contribution in [-0.2, 0) is 9.53 Å². The lowest BCUT2D eigenvalue weighted by Crippen LogP contribution is -2.38. The number of thioether (sulfide) groups is 1. The normalized spacial score (nSPS) is 30.3. The summed E-state index contributed by atoms with van der Waals surface area (Å²) in [7, 11) is 1.42. The summed E-state index contributed by atoms with van der Waals surface area (Å²) in [4.78, 5) is 11.0. The van der Waals surface area contributed by atoms with Gasteiger partial charge in [-0.15, -0.1) is 11.8 Å². The van der Waals surface area contributed by atoms with Gasteiger partial charge in [0.2, 0.25) is 0 Å². The fraction of sp³-hybridized carbons (Fsp3) is 0.900. The van der Waals surface area contributed by atoms with Crippen molar-refractivity contribution in [3.05, 3.63) is 0 Å². The standard InChI is InChI=1S/C10H19NO2S/c1-10(2)5-4-7(9(10)11)14-6-8(12)13-3/h7,9H,4-6,11H2,1-3H3. The van der Waals surface area contributed by atoms with Gasteiger partial charge in [0.25, 0.3) is 0 Å². The average Bonchev–Trinajstić information content (AvgIpc) is 2.40. The molecule has 14 heavy (non-hydrogen) atoms. The first-order valence-electron chi connectivity index (χ1n) is 4.91. The van der Waals surface area contributed by atoms with Gasteiger partial charge < -0.3 is 10.5 Å². The van der Waals surface area contributed by atoms with Crippen molar-refractivity contribution in [2.45, 2.75) is 38.0 Å². The summed E-state index contributed by atoms with van der Waals surface area (Å²) >= 11 is 1.63. The smallest absolute Gasteiger partial charge is 0.315 e. The van der Waals surface area contributed by atoms with Gasteiger partial charge in [-0.2, -0.15) is 0 Å². The topological polar surface area (TPSA) is 52.3 Å². The number of ether oxygens (including phenoxy) is 1. The Labute approximate surface area is 89.8 Å². The van der Waals surface area contributed by atoms with Crippen LogP contribution in [0, 0.1) is 5.41 Å². The van der Waals surface area contributed by atoms with Gasteiger partial charge >= 0.3 is 5.97 Å². The Bertz CT molecular complexity index is 218. The van der Waals surface area contributed by atoms with Crippen LogP contribution in [0.2, 0.25) is 0 Å². The molecule has 1 aliphatic carbocycles. The Morgan fingerprint density at radius 3 is 2.71 bits per heavy atom. The number of carbonyl (C=O) groups excluding carboxylic acids is 1. The van der Waals surface area contributed by atoms with Crippen LogP contribution < -0.4 is 5.73 Å². The largest absolute Gasteiger partial charge is 0.468 e. The Morgan fingerprint density at radius 1 is 1.64 bits per heavy atom. The second-order valence-electron chi connectivity index (χ2n) is 4.48. The second kappa shape index (κ2) is 4.53. The van der Waals surface area contributed by atoms with Crippen molar-refractivity contribution in [3.63, 3.8) is 0 Å². The van der Waals surface area contributed by atoms with E-state index in [0.29, 0.717) is 11.0 Å². The van der Waals surface area contributed by atoms with Gasteiger partial charge in [0.1, 0.15) is 0 Å². The van der Waals surface area contributed by atoms with E-state index >= 15 is 0 Å². The number of hydrogen-bond acceptors (Lipinski definition) is 4. The number of carbonyl (C=O) groups is 1. The molecule has 2 atom stereocenters. The fourth-order valence-electron chi connectivity index (χ4n) is 1.78. The van der Waals surface area contributed by atoms with Crippen molar-refractivity contribution in [2.24, 2.45) is 11.1 Å². The van der Waals surface area contributed by atoms with Crippen LogP contribution in [0.3, 0.4) is 0 Å². The van der Waals surface area contributed by atoms with E-state index in [1.165, 1.54) is 7.11 Å². The molecule has 0 saturated heterocycles. The monoisotopic (exact) mass is 217 g/mol. The molecule has 0 heterocycles. The first-order valence-corrected chi connectivity index (χ1v) is 5.96. The minimum absolute atomic E-state index is 0.160.